The molecular formula is C14H20FNO. The van der Waals surface area contributed by atoms with Crippen molar-refractivity contribution in [2.24, 2.45) is 5.41 Å². The molecule has 1 saturated carbocycles. The average molecular weight is 237 g/mol. The number of aliphatic hydroxyl groups excluding tert-OH is 1. The van der Waals surface area contributed by atoms with Crippen LogP contribution in [0.1, 0.15) is 31.4 Å². The molecule has 3 heteroatoms. The molecule has 0 heterocycles. The van der Waals surface area contributed by atoms with Gasteiger partial charge in [0.15, 0.2) is 0 Å². The van der Waals surface area contributed by atoms with Crippen LogP contribution in [-0.2, 0) is 6.54 Å². The molecule has 0 spiro atoms. The van der Waals surface area contributed by atoms with Crippen LogP contribution in [0.25, 0.3) is 0 Å². The van der Waals surface area contributed by atoms with Gasteiger partial charge in [-0.2, -0.15) is 0 Å². The van der Waals surface area contributed by atoms with Crippen molar-refractivity contribution in [1.82, 2.24) is 5.32 Å². The SMILES string of the molecule is Cc1ccc(F)cc1CNC1CC(O)C1(C)C. The highest BCUT2D eigenvalue weighted by Gasteiger charge is 2.46. The predicted octanol–water partition coefficient (Wildman–Crippen LogP) is 2.38. The van der Waals surface area contributed by atoms with E-state index < -0.39 is 0 Å². The maximum atomic E-state index is 13.1. The Morgan fingerprint density at radius 1 is 1.47 bits per heavy atom. The second-order valence-corrected chi connectivity index (χ2v) is 5.58. The number of aliphatic hydroxyl groups is 1. The monoisotopic (exact) mass is 237 g/mol. The lowest BCUT2D eigenvalue weighted by atomic mass is 9.64. The van der Waals surface area contributed by atoms with Crippen molar-refractivity contribution in [3.63, 3.8) is 0 Å². The number of hydrogen-bond donors (Lipinski definition) is 2. The minimum atomic E-state index is -0.228. The Labute approximate surface area is 102 Å². The fraction of sp³-hybridized carbons (Fsp3) is 0.571. The molecule has 0 amide bonds. The summed E-state index contributed by atoms with van der Waals surface area (Å²) in [6.45, 7) is 6.75. The van der Waals surface area contributed by atoms with Gasteiger partial charge in [-0.3, -0.25) is 0 Å². The lowest BCUT2D eigenvalue weighted by Gasteiger charge is -2.49. The summed E-state index contributed by atoms with van der Waals surface area (Å²) < 4.78 is 13.1. The molecule has 0 aromatic heterocycles. The summed E-state index contributed by atoms with van der Waals surface area (Å²) in [4.78, 5) is 0. The highest BCUT2D eigenvalue weighted by molar-refractivity contribution is 5.26. The van der Waals surface area contributed by atoms with Gasteiger partial charge in [0.25, 0.3) is 0 Å². The van der Waals surface area contributed by atoms with Gasteiger partial charge >= 0.3 is 0 Å². The summed E-state index contributed by atoms with van der Waals surface area (Å²) >= 11 is 0. The first kappa shape index (κ1) is 12.5. The number of aryl methyl sites for hydroxylation is 1. The Balaban J connectivity index is 1.97. The van der Waals surface area contributed by atoms with Crippen molar-refractivity contribution in [2.45, 2.75) is 45.9 Å². The van der Waals surface area contributed by atoms with Crippen LogP contribution in [0, 0.1) is 18.2 Å². The zero-order valence-electron chi connectivity index (χ0n) is 10.6. The molecule has 1 aliphatic rings. The van der Waals surface area contributed by atoms with E-state index >= 15 is 0 Å². The number of hydrogen-bond acceptors (Lipinski definition) is 2. The van der Waals surface area contributed by atoms with Crippen molar-refractivity contribution in [3.05, 3.63) is 35.1 Å². The van der Waals surface area contributed by atoms with Crippen LogP contribution in [0.2, 0.25) is 0 Å². The molecule has 17 heavy (non-hydrogen) atoms. The normalized spacial score (nSPS) is 26.6. The van der Waals surface area contributed by atoms with E-state index in [0.29, 0.717) is 12.6 Å². The topological polar surface area (TPSA) is 32.3 Å². The van der Waals surface area contributed by atoms with E-state index in [4.69, 9.17) is 0 Å². The van der Waals surface area contributed by atoms with Gasteiger partial charge in [-0.25, -0.2) is 4.39 Å². The fourth-order valence-electron chi connectivity index (χ4n) is 2.31. The first-order valence-corrected chi connectivity index (χ1v) is 6.07. The van der Waals surface area contributed by atoms with Crippen LogP contribution >= 0.6 is 0 Å². The zero-order valence-corrected chi connectivity index (χ0v) is 10.6. The summed E-state index contributed by atoms with van der Waals surface area (Å²) in [5.74, 6) is -0.194. The molecule has 2 nitrogen and oxygen atoms in total. The van der Waals surface area contributed by atoms with Gasteiger partial charge in [0, 0.05) is 18.0 Å². The average Bonchev–Trinajstić information content (AvgIpc) is 2.28. The standard InChI is InChI=1S/C14H20FNO/c1-9-4-5-11(15)6-10(9)8-16-12-7-13(17)14(12,2)3/h4-6,12-13,16-17H,7-8H2,1-3H3. The van der Waals surface area contributed by atoms with Gasteiger partial charge in [0.2, 0.25) is 0 Å². The van der Waals surface area contributed by atoms with E-state index in [0.717, 1.165) is 17.5 Å². The van der Waals surface area contributed by atoms with Gasteiger partial charge in [0.1, 0.15) is 5.82 Å². The number of benzene rings is 1. The van der Waals surface area contributed by atoms with Crippen LogP contribution in [0.15, 0.2) is 18.2 Å². The molecule has 1 aromatic rings. The lowest BCUT2D eigenvalue weighted by molar-refractivity contribution is -0.0730. The third kappa shape index (κ3) is 2.35. The predicted molar refractivity (Wildman–Crippen MR) is 66.2 cm³/mol. The van der Waals surface area contributed by atoms with Crippen LogP contribution in [0.3, 0.4) is 0 Å². The van der Waals surface area contributed by atoms with E-state index in [1.165, 1.54) is 6.07 Å². The molecule has 2 atom stereocenters. The highest BCUT2D eigenvalue weighted by atomic mass is 19.1. The van der Waals surface area contributed by atoms with E-state index in [1.54, 1.807) is 12.1 Å². The minimum absolute atomic E-state index is 0.0821. The molecule has 1 aromatic carbocycles. The van der Waals surface area contributed by atoms with E-state index in [1.807, 2.05) is 6.92 Å². The molecule has 0 bridgehead atoms. The molecular weight excluding hydrogens is 217 g/mol. The molecule has 2 N–H and O–H groups in total. The Morgan fingerprint density at radius 2 is 2.18 bits per heavy atom. The van der Waals surface area contributed by atoms with Crippen molar-refractivity contribution in [1.29, 1.82) is 0 Å². The van der Waals surface area contributed by atoms with Crippen LogP contribution in [-0.4, -0.2) is 17.3 Å². The van der Waals surface area contributed by atoms with Gasteiger partial charge in [-0.1, -0.05) is 19.9 Å². The minimum Gasteiger partial charge on any atom is -0.392 e. The molecule has 0 aliphatic heterocycles. The quantitative estimate of drug-likeness (QED) is 0.846. The maximum absolute atomic E-state index is 13.1. The summed E-state index contributed by atoms with van der Waals surface area (Å²) in [6.07, 6.45) is 0.551. The van der Waals surface area contributed by atoms with E-state index in [-0.39, 0.29) is 17.3 Å². The summed E-state index contributed by atoms with van der Waals surface area (Å²) in [7, 11) is 0. The smallest absolute Gasteiger partial charge is 0.123 e. The molecule has 1 fully saturated rings. The van der Waals surface area contributed by atoms with E-state index in [2.05, 4.69) is 19.2 Å². The van der Waals surface area contributed by atoms with Gasteiger partial charge in [-0.15, -0.1) is 0 Å². The molecule has 1 aliphatic carbocycles. The first-order valence-electron chi connectivity index (χ1n) is 6.07. The van der Waals surface area contributed by atoms with Crippen LogP contribution in [0.5, 0.6) is 0 Å². The van der Waals surface area contributed by atoms with Gasteiger partial charge < -0.3 is 10.4 Å². The van der Waals surface area contributed by atoms with E-state index in [9.17, 15) is 9.50 Å². The number of rotatable bonds is 3. The fourth-order valence-corrected chi connectivity index (χ4v) is 2.31. The number of halogens is 1. The summed E-state index contributed by atoms with van der Waals surface area (Å²) in [5, 5.41) is 13.0. The molecule has 0 radical (unpaired) electrons. The van der Waals surface area contributed by atoms with Crippen LogP contribution < -0.4 is 5.32 Å². The second kappa shape index (κ2) is 4.39. The highest BCUT2D eigenvalue weighted by Crippen LogP contribution is 2.40. The Hall–Kier alpha value is -0.930. The van der Waals surface area contributed by atoms with Crippen LogP contribution in [0.4, 0.5) is 4.39 Å². The second-order valence-electron chi connectivity index (χ2n) is 5.58. The Morgan fingerprint density at radius 3 is 2.76 bits per heavy atom. The van der Waals surface area contributed by atoms with Crippen molar-refractivity contribution in [3.8, 4) is 0 Å². The lowest BCUT2D eigenvalue weighted by Crippen LogP contribution is -2.59. The van der Waals surface area contributed by atoms with Crippen molar-refractivity contribution < 1.29 is 9.50 Å². The van der Waals surface area contributed by atoms with Crippen molar-refractivity contribution in [2.75, 3.05) is 0 Å². The summed E-state index contributed by atoms with van der Waals surface area (Å²) in [5.41, 5.74) is 2.00. The number of nitrogens with one attached hydrogen (secondary N) is 1. The Bertz CT molecular complexity index is 417. The molecule has 2 unspecified atom stereocenters. The van der Waals surface area contributed by atoms with Gasteiger partial charge in [-0.05, 0) is 36.6 Å². The molecule has 0 saturated heterocycles. The third-order valence-corrected chi connectivity index (χ3v) is 4.07. The Kier molecular flexibility index (Phi) is 3.23. The molecule has 94 valence electrons. The largest absolute Gasteiger partial charge is 0.392 e. The van der Waals surface area contributed by atoms with Crippen molar-refractivity contribution >= 4 is 0 Å². The molecule has 2 rings (SSSR count). The third-order valence-electron chi connectivity index (χ3n) is 4.07. The first-order chi connectivity index (χ1) is 7.91. The maximum Gasteiger partial charge on any atom is 0.123 e. The van der Waals surface area contributed by atoms with Gasteiger partial charge in [0.05, 0.1) is 6.10 Å². The summed E-state index contributed by atoms with van der Waals surface area (Å²) in [6, 6.07) is 5.16. The zero-order chi connectivity index (χ0) is 12.6.